The third kappa shape index (κ3) is 6.01. The second-order valence-corrected chi connectivity index (χ2v) is 9.64. The van der Waals surface area contributed by atoms with E-state index in [2.05, 4.69) is 80.1 Å². The van der Waals surface area contributed by atoms with Crippen molar-refractivity contribution in [3.05, 3.63) is 84.2 Å². The minimum Gasteiger partial charge on any atom is -0.462 e. The number of hydrogen-bond donors (Lipinski definition) is 0. The third-order valence-electron chi connectivity index (χ3n) is 7.39. The number of benzene rings is 3. The van der Waals surface area contributed by atoms with Gasteiger partial charge in [0, 0.05) is 53.8 Å². The van der Waals surface area contributed by atoms with Crippen molar-refractivity contribution in [3.63, 3.8) is 0 Å². The Kier molecular flexibility index (Phi) is 9.54. The van der Waals surface area contributed by atoms with Crippen LogP contribution < -0.4 is 14.8 Å². The van der Waals surface area contributed by atoms with Crippen molar-refractivity contribution < 1.29 is 18.7 Å². The van der Waals surface area contributed by atoms with Crippen molar-refractivity contribution in [1.29, 1.82) is 0 Å². The molecule has 4 rings (SSSR count). The summed E-state index contributed by atoms with van der Waals surface area (Å²) in [6.07, 6.45) is 2.06. The summed E-state index contributed by atoms with van der Waals surface area (Å²) in [5.74, 6) is 0.286. The van der Waals surface area contributed by atoms with Gasteiger partial charge >= 0.3 is 5.97 Å². The van der Waals surface area contributed by atoms with E-state index >= 15 is 0 Å². The van der Waals surface area contributed by atoms with Gasteiger partial charge in [0.1, 0.15) is 24.4 Å². The smallest absolute Gasteiger partial charge is 0.338 e. The highest BCUT2D eigenvalue weighted by molar-refractivity contribution is 6.08. The number of hydrogen-bond acceptors (Lipinski definition) is 5. The molecule has 2 aromatic rings. The van der Waals surface area contributed by atoms with E-state index in [1.165, 1.54) is 6.08 Å². The molecular weight excluding hydrogens is 500 g/mol. The topological polar surface area (TPSA) is 62.8 Å². The minimum atomic E-state index is -0.414. The molecule has 1 aliphatic heterocycles. The fraction of sp³-hybridized carbons (Fsp3) is 0.324. The third-order valence-corrected chi connectivity index (χ3v) is 7.39. The van der Waals surface area contributed by atoms with Crippen molar-refractivity contribution in [1.82, 2.24) is 4.58 Å². The summed E-state index contributed by atoms with van der Waals surface area (Å²) in [6.45, 7) is 15.8. The van der Waals surface area contributed by atoms with Gasteiger partial charge in [-0.1, -0.05) is 24.8 Å². The second kappa shape index (κ2) is 13.2. The Bertz CT molecular complexity index is 1560. The number of esters is 1. The molecule has 0 fully saturated rings. The average Bonchev–Trinajstić information content (AvgIpc) is 2.99. The zero-order chi connectivity index (χ0) is 28.6. The highest BCUT2D eigenvalue weighted by Gasteiger charge is 2.23. The molecule has 0 saturated carbocycles. The lowest BCUT2D eigenvalue weighted by molar-refractivity contribution is -0.114. The summed E-state index contributed by atoms with van der Waals surface area (Å²) in [5, 5.41) is 2.02. The number of carbonyl (C=O) groups excluding carboxylic acids is 2. The molecule has 1 heterocycles. The second-order valence-electron chi connectivity index (χ2n) is 9.64. The molecular formula is C34H39N2O4+. The first-order valence-electron chi connectivity index (χ1n) is 14.2. The zero-order valence-corrected chi connectivity index (χ0v) is 24.0. The Hall–Kier alpha value is -4.19. The van der Waals surface area contributed by atoms with Gasteiger partial charge in [-0.3, -0.25) is 4.79 Å². The predicted octanol–water partition coefficient (Wildman–Crippen LogP) is 6.55. The summed E-state index contributed by atoms with van der Waals surface area (Å²) in [5.41, 5.74) is 4.97. The van der Waals surface area contributed by atoms with Crippen LogP contribution in [0, 0.1) is 0 Å². The van der Waals surface area contributed by atoms with Crippen LogP contribution in [0.3, 0.4) is 0 Å². The van der Waals surface area contributed by atoms with Gasteiger partial charge in [0.2, 0.25) is 5.36 Å². The molecule has 0 unspecified atom stereocenters. The van der Waals surface area contributed by atoms with Crippen molar-refractivity contribution in [2.24, 2.45) is 0 Å². The molecule has 0 amide bonds. The van der Waals surface area contributed by atoms with E-state index in [1.54, 1.807) is 6.07 Å². The quantitative estimate of drug-likeness (QED) is 0.0671. The number of anilines is 1. The van der Waals surface area contributed by atoms with Crippen molar-refractivity contribution in [2.75, 3.05) is 37.7 Å². The van der Waals surface area contributed by atoms with E-state index in [1.807, 2.05) is 18.2 Å². The van der Waals surface area contributed by atoms with Gasteiger partial charge in [-0.15, -0.1) is 0 Å². The lowest BCUT2D eigenvalue weighted by Crippen LogP contribution is -2.29. The van der Waals surface area contributed by atoms with Crippen molar-refractivity contribution in [2.45, 2.75) is 40.5 Å². The van der Waals surface area contributed by atoms with E-state index in [4.69, 9.17) is 9.15 Å². The maximum atomic E-state index is 13.3. The normalized spacial score (nSPS) is 11.0. The fourth-order valence-corrected chi connectivity index (χ4v) is 5.20. The Balaban J connectivity index is 1.91. The molecule has 208 valence electrons. The predicted molar refractivity (Wildman–Crippen MR) is 163 cm³/mol. The first-order chi connectivity index (χ1) is 19.4. The molecule has 0 saturated heterocycles. The molecule has 0 N–H and O–H groups in total. The molecule has 6 nitrogen and oxygen atoms in total. The van der Waals surface area contributed by atoms with Gasteiger partial charge in [-0.2, -0.15) is 0 Å². The molecule has 0 bridgehead atoms. The number of nitrogens with zero attached hydrogens (tertiary/aromatic N) is 2. The van der Waals surface area contributed by atoms with Crippen LogP contribution in [-0.2, 0) is 9.53 Å². The first-order valence-corrected chi connectivity index (χ1v) is 14.2. The van der Waals surface area contributed by atoms with Gasteiger partial charge in [-0.05, 0) is 70.0 Å². The van der Waals surface area contributed by atoms with Crippen LogP contribution in [0.2, 0.25) is 0 Å². The zero-order valence-electron chi connectivity index (χ0n) is 24.0. The van der Waals surface area contributed by atoms with Gasteiger partial charge in [0.25, 0.3) is 0 Å². The fourth-order valence-electron chi connectivity index (χ4n) is 5.20. The maximum absolute atomic E-state index is 13.3. The van der Waals surface area contributed by atoms with Crippen molar-refractivity contribution in [3.8, 4) is 22.5 Å². The van der Waals surface area contributed by atoms with Gasteiger partial charge in [0.05, 0.1) is 18.2 Å². The van der Waals surface area contributed by atoms with Crippen LogP contribution >= 0.6 is 0 Å². The Morgan fingerprint density at radius 3 is 2.40 bits per heavy atom. The standard InChI is InChI=1S/C34H39N2O4/c1-6-26(37)14-13-21-39-34(38)28-16-12-11-15-27(28)33-29-19-17-24(35(7-2)8-3)22-31(29)40-32-23-25(18-20-30(32)33)36(9-4)10-5/h6,11-12,15-20,22-23H,1,7-10,13-14,21H2,2-5H3/q+1. The lowest BCUT2D eigenvalue weighted by Gasteiger charge is -2.22. The largest absolute Gasteiger partial charge is 0.462 e. The van der Waals surface area contributed by atoms with Crippen LogP contribution in [0.15, 0.2) is 77.7 Å². The lowest BCUT2D eigenvalue weighted by atomic mass is 9.90. The summed E-state index contributed by atoms with van der Waals surface area (Å²) < 4.78 is 14.5. The number of carbonyl (C=O) groups is 2. The Morgan fingerprint density at radius 1 is 0.950 bits per heavy atom. The van der Waals surface area contributed by atoms with Crippen LogP contribution in [0.1, 0.15) is 50.9 Å². The number of ether oxygens (including phenoxy) is 1. The molecule has 40 heavy (non-hydrogen) atoms. The van der Waals surface area contributed by atoms with Crippen LogP contribution in [0.4, 0.5) is 5.69 Å². The molecule has 1 aliphatic carbocycles. The average molecular weight is 540 g/mol. The molecule has 0 spiro atoms. The monoisotopic (exact) mass is 539 g/mol. The summed E-state index contributed by atoms with van der Waals surface area (Å²) in [4.78, 5) is 27.1. The molecule has 2 aliphatic rings. The number of fused-ring (bicyclic) bond motifs is 2. The van der Waals surface area contributed by atoms with Gasteiger partial charge in [-0.25, -0.2) is 9.37 Å². The van der Waals surface area contributed by atoms with Crippen LogP contribution in [0.25, 0.3) is 33.4 Å². The number of rotatable bonds is 12. The molecule has 0 atom stereocenters. The van der Waals surface area contributed by atoms with Gasteiger partial charge in [0.15, 0.2) is 5.78 Å². The maximum Gasteiger partial charge on any atom is 0.338 e. The van der Waals surface area contributed by atoms with Crippen LogP contribution in [-0.4, -0.2) is 44.5 Å². The molecule has 2 aromatic carbocycles. The van der Waals surface area contributed by atoms with E-state index in [0.717, 1.165) is 70.6 Å². The minimum absolute atomic E-state index is 0.0596. The molecule has 0 aromatic heterocycles. The summed E-state index contributed by atoms with van der Waals surface area (Å²) in [7, 11) is 0. The number of allylic oxidation sites excluding steroid dienone is 1. The van der Waals surface area contributed by atoms with Crippen molar-refractivity contribution >= 4 is 28.4 Å². The Morgan fingerprint density at radius 2 is 1.70 bits per heavy atom. The molecule has 6 heteroatoms. The molecule has 0 radical (unpaired) electrons. The number of ketones is 1. The van der Waals surface area contributed by atoms with Crippen LogP contribution in [0.5, 0.6) is 0 Å². The first kappa shape index (κ1) is 28.8. The highest BCUT2D eigenvalue weighted by Crippen LogP contribution is 2.42. The van der Waals surface area contributed by atoms with E-state index in [9.17, 15) is 9.59 Å². The van der Waals surface area contributed by atoms with E-state index in [-0.39, 0.29) is 12.4 Å². The van der Waals surface area contributed by atoms with Gasteiger partial charge < -0.3 is 14.1 Å². The SMILES string of the molecule is C=CC(=O)CCCOC(=O)c1ccccc1-c1c2ccc(=[N+](CC)CC)cc-2oc2cc(N(CC)CC)ccc12. The highest BCUT2D eigenvalue weighted by atomic mass is 16.5. The Labute approximate surface area is 236 Å². The summed E-state index contributed by atoms with van der Waals surface area (Å²) >= 11 is 0. The van der Waals surface area contributed by atoms with E-state index in [0.29, 0.717) is 18.4 Å². The van der Waals surface area contributed by atoms with E-state index < -0.39 is 5.97 Å². The summed E-state index contributed by atoms with van der Waals surface area (Å²) in [6, 6.07) is 20.1.